The normalized spacial score (nSPS) is 12.4. The monoisotopic (exact) mass is 277 g/mol. The molecule has 0 saturated carbocycles. The molecule has 0 aromatic carbocycles. The van der Waals surface area contributed by atoms with Gasteiger partial charge in [0.1, 0.15) is 6.10 Å². The Morgan fingerprint density at radius 1 is 1.42 bits per heavy atom. The molecule has 2 aromatic rings. The van der Waals surface area contributed by atoms with Crippen LogP contribution in [0.4, 0.5) is 0 Å². The Bertz CT molecular complexity index is 514. The SMILES string of the molecule is CC(C)C[C@H](OC(=O)c1cnns1)c1ccccn1. The van der Waals surface area contributed by atoms with E-state index in [0.29, 0.717) is 10.8 Å². The second-order valence-electron chi connectivity index (χ2n) is 4.56. The summed E-state index contributed by atoms with van der Waals surface area (Å²) < 4.78 is 9.18. The topological polar surface area (TPSA) is 65.0 Å². The molecular formula is C13H15N3O2S. The Morgan fingerprint density at radius 2 is 2.26 bits per heavy atom. The van der Waals surface area contributed by atoms with E-state index in [2.05, 4.69) is 28.4 Å². The molecule has 0 saturated heterocycles. The third-order valence-electron chi connectivity index (χ3n) is 2.51. The number of aromatic nitrogens is 3. The molecule has 0 N–H and O–H groups in total. The van der Waals surface area contributed by atoms with Gasteiger partial charge in [-0.25, -0.2) is 4.79 Å². The van der Waals surface area contributed by atoms with E-state index >= 15 is 0 Å². The first-order valence-electron chi connectivity index (χ1n) is 6.06. The average molecular weight is 277 g/mol. The molecule has 0 bridgehead atoms. The average Bonchev–Trinajstić information content (AvgIpc) is 2.92. The standard InChI is InChI=1S/C13H15N3O2S/c1-9(2)7-11(10-5-3-4-6-14-10)18-13(17)12-8-15-16-19-12/h3-6,8-9,11H,7H2,1-2H3/t11-/m0/s1. The van der Waals surface area contributed by atoms with E-state index in [-0.39, 0.29) is 6.10 Å². The third-order valence-corrected chi connectivity index (χ3v) is 3.16. The van der Waals surface area contributed by atoms with Crippen molar-refractivity contribution in [3.63, 3.8) is 0 Å². The van der Waals surface area contributed by atoms with E-state index in [1.807, 2.05) is 18.2 Å². The third kappa shape index (κ3) is 3.82. The summed E-state index contributed by atoms with van der Waals surface area (Å²) in [5.74, 6) is 0.00527. The highest BCUT2D eigenvalue weighted by atomic mass is 32.1. The minimum atomic E-state index is -0.397. The molecule has 6 heteroatoms. The molecule has 0 aliphatic rings. The highest BCUT2D eigenvalue weighted by Crippen LogP contribution is 2.25. The molecule has 2 aromatic heterocycles. The summed E-state index contributed by atoms with van der Waals surface area (Å²) in [5, 5.41) is 3.64. The Kier molecular flexibility index (Phi) is 4.57. The van der Waals surface area contributed by atoms with Gasteiger partial charge in [0.25, 0.3) is 0 Å². The second-order valence-corrected chi connectivity index (χ2v) is 5.35. The first-order valence-corrected chi connectivity index (χ1v) is 6.83. The van der Waals surface area contributed by atoms with Crippen LogP contribution in [0.1, 0.15) is 41.7 Å². The van der Waals surface area contributed by atoms with Gasteiger partial charge in [-0.3, -0.25) is 4.98 Å². The number of pyridine rings is 1. The number of nitrogens with zero attached hydrogens (tertiary/aromatic N) is 3. The van der Waals surface area contributed by atoms with Crippen LogP contribution in [0.3, 0.4) is 0 Å². The summed E-state index contributed by atoms with van der Waals surface area (Å²) in [7, 11) is 0. The van der Waals surface area contributed by atoms with Crippen LogP contribution in [0, 0.1) is 5.92 Å². The van der Waals surface area contributed by atoms with Crippen LogP contribution in [-0.4, -0.2) is 20.5 Å². The molecule has 0 amide bonds. The van der Waals surface area contributed by atoms with E-state index in [4.69, 9.17) is 4.74 Å². The first-order chi connectivity index (χ1) is 9.16. The van der Waals surface area contributed by atoms with Crippen LogP contribution < -0.4 is 0 Å². The molecule has 2 heterocycles. The first kappa shape index (κ1) is 13.6. The summed E-state index contributed by atoms with van der Waals surface area (Å²) in [6, 6.07) is 5.59. The number of hydrogen-bond acceptors (Lipinski definition) is 6. The van der Waals surface area contributed by atoms with Gasteiger partial charge >= 0.3 is 5.97 Å². The molecule has 0 unspecified atom stereocenters. The lowest BCUT2D eigenvalue weighted by Gasteiger charge is -2.18. The fraction of sp³-hybridized carbons (Fsp3) is 0.385. The molecule has 0 fully saturated rings. The van der Waals surface area contributed by atoms with Crippen LogP contribution in [0.5, 0.6) is 0 Å². The minimum absolute atomic E-state index is 0.337. The van der Waals surface area contributed by atoms with Crippen molar-refractivity contribution in [3.05, 3.63) is 41.2 Å². The van der Waals surface area contributed by atoms with Crippen molar-refractivity contribution < 1.29 is 9.53 Å². The summed E-state index contributed by atoms with van der Waals surface area (Å²) >= 11 is 1.03. The van der Waals surface area contributed by atoms with Gasteiger partial charge < -0.3 is 4.74 Å². The molecule has 5 nitrogen and oxygen atoms in total. The van der Waals surface area contributed by atoms with Crippen LogP contribution in [-0.2, 0) is 4.74 Å². The number of hydrogen-bond donors (Lipinski definition) is 0. The predicted octanol–water partition coefficient (Wildman–Crippen LogP) is 2.88. The van der Waals surface area contributed by atoms with Gasteiger partial charge in [0.05, 0.1) is 11.9 Å². The van der Waals surface area contributed by atoms with E-state index in [1.54, 1.807) is 6.20 Å². The summed E-state index contributed by atoms with van der Waals surface area (Å²) in [4.78, 5) is 16.6. The van der Waals surface area contributed by atoms with Crippen molar-refractivity contribution in [1.29, 1.82) is 0 Å². The van der Waals surface area contributed by atoms with Gasteiger partial charge in [0, 0.05) is 6.20 Å². The minimum Gasteiger partial charge on any atom is -0.452 e. The van der Waals surface area contributed by atoms with Gasteiger partial charge in [0.15, 0.2) is 4.88 Å². The lowest BCUT2D eigenvalue weighted by atomic mass is 10.0. The van der Waals surface area contributed by atoms with E-state index in [1.165, 1.54) is 6.20 Å². The van der Waals surface area contributed by atoms with Gasteiger partial charge in [0.2, 0.25) is 0 Å². The van der Waals surface area contributed by atoms with Crippen LogP contribution in [0.2, 0.25) is 0 Å². The lowest BCUT2D eigenvalue weighted by Crippen LogP contribution is -2.14. The molecule has 0 radical (unpaired) electrons. The van der Waals surface area contributed by atoms with Crippen LogP contribution >= 0.6 is 11.5 Å². The van der Waals surface area contributed by atoms with Crippen molar-refractivity contribution >= 4 is 17.5 Å². The summed E-state index contributed by atoms with van der Waals surface area (Å²) in [5.41, 5.74) is 0.766. The lowest BCUT2D eigenvalue weighted by molar-refractivity contribution is 0.0242. The molecular weight excluding hydrogens is 262 g/mol. The van der Waals surface area contributed by atoms with Gasteiger partial charge in [-0.2, -0.15) is 0 Å². The van der Waals surface area contributed by atoms with E-state index < -0.39 is 5.97 Å². The maximum absolute atomic E-state index is 12.0. The van der Waals surface area contributed by atoms with Gasteiger partial charge in [-0.1, -0.05) is 24.4 Å². The Morgan fingerprint density at radius 3 is 2.84 bits per heavy atom. The zero-order valence-electron chi connectivity index (χ0n) is 10.8. The van der Waals surface area contributed by atoms with Crippen LogP contribution in [0.15, 0.2) is 30.6 Å². The maximum Gasteiger partial charge on any atom is 0.352 e. The zero-order valence-corrected chi connectivity index (χ0v) is 11.6. The molecule has 100 valence electrons. The van der Waals surface area contributed by atoms with Crippen molar-refractivity contribution in [3.8, 4) is 0 Å². The number of carbonyl (C=O) groups excluding carboxylic acids is 1. The summed E-state index contributed by atoms with van der Waals surface area (Å²) in [6.45, 7) is 4.16. The Labute approximate surface area is 115 Å². The smallest absolute Gasteiger partial charge is 0.352 e. The van der Waals surface area contributed by atoms with Crippen LogP contribution in [0.25, 0.3) is 0 Å². The number of carbonyl (C=O) groups is 1. The molecule has 2 rings (SSSR count). The second kappa shape index (κ2) is 6.38. The molecule has 1 atom stereocenters. The quantitative estimate of drug-likeness (QED) is 0.786. The summed E-state index contributed by atoms with van der Waals surface area (Å²) in [6.07, 6.45) is 3.51. The molecule has 0 aliphatic carbocycles. The fourth-order valence-electron chi connectivity index (χ4n) is 1.67. The van der Waals surface area contributed by atoms with Gasteiger partial charge in [-0.05, 0) is 36.0 Å². The van der Waals surface area contributed by atoms with Crippen molar-refractivity contribution in [2.75, 3.05) is 0 Å². The fourth-order valence-corrected chi connectivity index (χ4v) is 2.07. The van der Waals surface area contributed by atoms with Gasteiger partial charge in [-0.15, -0.1) is 5.10 Å². The highest BCUT2D eigenvalue weighted by Gasteiger charge is 2.21. The van der Waals surface area contributed by atoms with Crippen molar-refractivity contribution in [1.82, 2.24) is 14.6 Å². The highest BCUT2D eigenvalue weighted by molar-refractivity contribution is 7.07. The van der Waals surface area contributed by atoms with Crippen molar-refractivity contribution in [2.24, 2.45) is 5.92 Å². The zero-order chi connectivity index (χ0) is 13.7. The number of rotatable bonds is 5. The Hall–Kier alpha value is -1.82. The van der Waals surface area contributed by atoms with E-state index in [0.717, 1.165) is 23.6 Å². The Balaban J connectivity index is 2.13. The maximum atomic E-state index is 12.0. The molecule has 0 spiro atoms. The molecule has 19 heavy (non-hydrogen) atoms. The largest absolute Gasteiger partial charge is 0.452 e. The molecule has 0 aliphatic heterocycles. The van der Waals surface area contributed by atoms with Crippen molar-refractivity contribution in [2.45, 2.75) is 26.4 Å². The number of esters is 1. The predicted molar refractivity (Wildman–Crippen MR) is 71.8 cm³/mol. The number of ether oxygens (including phenoxy) is 1. The van der Waals surface area contributed by atoms with E-state index in [9.17, 15) is 4.79 Å².